The topological polar surface area (TPSA) is 67.5 Å². The minimum Gasteiger partial charge on any atom is -0.370 e. The van der Waals surface area contributed by atoms with Crippen LogP contribution in [-0.4, -0.2) is 24.3 Å². The number of aliphatic imine (C=N–C) groups is 1. The first-order chi connectivity index (χ1) is 19.6. The van der Waals surface area contributed by atoms with Gasteiger partial charge in [-0.25, -0.2) is 0 Å². The van der Waals surface area contributed by atoms with Crippen LogP contribution in [0, 0.1) is 35.5 Å². The van der Waals surface area contributed by atoms with Gasteiger partial charge in [-0.05, 0) is 85.1 Å². The lowest BCUT2D eigenvalue weighted by Crippen LogP contribution is -2.44. The van der Waals surface area contributed by atoms with E-state index in [1.54, 1.807) is 22.7 Å². The zero-order valence-corrected chi connectivity index (χ0v) is 24.7. The molecule has 6 rings (SSSR count). The number of benzene rings is 1. The van der Waals surface area contributed by atoms with Crippen molar-refractivity contribution in [1.82, 2.24) is 5.32 Å². The van der Waals surface area contributed by atoms with Gasteiger partial charge in [-0.2, -0.15) is 0 Å². The van der Waals surface area contributed by atoms with Crippen LogP contribution in [0.2, 0.25) is 0 Å². The van der Waals surface area contributed by atoms with Crippen LogP contribution in [0.15, 0.2) is 53.5 Å². The van der Waals surface area contributed by atoms with E-state index in [0.29, 0.717) is 24.5 Å². The van der Waals surface area contributed by atoms with Gasteiger partial charge < -0.3 is 11.1 Å². The highest BCUT2D eigenvalue weighted by Gasteiger charge is 2.41. The maximum atomic E-state index is 14.0. The number of thiophene rings is 2. The summed E-state index contributed by atoms with van der Waals surface area (Å²) in [5.74, 6) is 7.75. The standard InChI is InChI=1S/C34H37N3OS2/c1-2-8-26-14-16-30(39-26)31-17-18-32(40-31)33(38)27-15-13-24(21-36-34(35)37-25-11-4-3-5-12-25)28-19-22-9-6-7-10-23(22)20-29(27)28/h6-7,9-10,14,16-20,24-25,27-29H,3-5,11-13,15,21H2,1H3,(H3,35,36,37)/t24-,27-,28+,29+/m1/s1. The van der Waals surface area contributed by atoms with Crippen LogP contribution in [0.3, 0.4) is 0 Å². The van der Waals surface area contributed by atoms with Crippen LogP contribution in [0.4, 0.5) is 0 Å². The molecule has 0 amide bonds. The van der Waals surface area contributed by atoms with E-state index in [1.807, 2.05) is 13.0 Å². The minimum atomic E-state index is -0.0242. The van der Waals surface area contributed by atoms with Gasteiger partial charge in [0, 0.05) is 28.3 Å². The van der Waals surface area contributed by atoms with Gasteiger partial charge in [0.2, 0.25) is 0 Å². The van der Waals surface area contributed by atoms with Gasteiger partial charge in [0.1, 0.15) is 0 Å². The summed E-state index contributed by atoms with van der Waals surface area (Å²) >= 11 is 3.30. The molecule has 2 heterocycles. The van der Waals surface area contributed by atoms with E-state index in [2.05, 4.69) is 71.8 Å². The Bertz CT molecular complexity index is 1580. The number of ketones is 1. The molecule has 3 aromatic rings. The lowest BCUT2D eigenvalue weighted by Gasteiger charge is -2.41. The average Bonchev–Trinajstić information content (AvgIpc) is 3.65. The molecule has 206 valence electrons. The predicted octanol–water partition coefficient (Wildman–Crippen LogP) is 5.80. The van der Waals surface area contributed by atoms with E-state index in [9.17, 15) is 4.79 Å². The second-order valence-electron chi connectivity index (χ2n) is 11.3. The summed E-state index contributed by atoms with van der Waals surface area (Å²) in [6.45, 7) is 2.56. The number of hydrogen-bond donors (Lipinski definition) is 2. The Hall–Kier alpha value is -3.14. The van der Waals surface area contributed by atoms with Crippen molar-refractivity contribution in [3.05, 3.63) is 68.7 Å². The Morgan fingerprint density at radius 3 is 2.42 bits per heavy atom. The van der Waals surface area contributed by atoms with Gasteiger partial charge in [-0.1, -0.05) is 61.6 Å². The van der Waals surface area contributed by atoms with Crippen LogP contribution in [0.25, 0.3) is 21.9 Å². The number of nitrogens with zero attached hydrogens (tertiary/aromatic N) is 1. The average molecular weight is 568 g/mol. The first kappa shape index (κ1) is 27.1. The number of carbonyl (C=O) groups is 1. The third-order valence-corrected chi connectivity index (χ3v) is 11.1. The van der Waals surface area contributed by atoms with Crippen molar-refractivity contribution in [2.45, 2.75) is 57.9 Å². The lowest BCUT2D eigenvalue weighted by molar-refractivity contribution is 0.0802. The summed E-state index contributed by atoms with van der Waals surface area (Å²) in [7, 11) is 0. The molecule has 0 spiro atoms. The van der Waals surface area contributed by atoms with Gasteiger partial charge in [-0.3, -0.25) is 9.79 Å². The molecular formula is C34H37N3OS2. The Balaban J connectivity index is 1.22. The van der Waals surface area contributed by atoms with E-state index >= 15 is 0 Å². The largest absolute Gasteiger partial charge is 0.370 e. The Labute approximate surface area is 245 Å². The number of fused-ring (bicyclic) bond motifs is 2. The predicted molar refractivity (Wildman–Crippen MR) is 169 cm³/mol. The number of nitrogens with one attached hydrogen (secondary N) is 1. The van der Waals surface area contributed by atoms with Crippen molar-refractivity contribution in [3.8, 4) is 21.6 Å². The fourth-order valence-corrected chi connectivity index (χ4v) is 8.76. The summed E-state index contributed by atoms with van der Waals surface area (Å²) in [6.07, 6.45) is 12.9. The van der Waals surface area contributed by atoms with Crippen molar-refractivity contribution < 1.29 is 4.79 Å². The number of rotatable bonds is 6. The van der Waals surface area contributed by atoms with Crippen molar-refractivity contribution in [2.24, 2.45) is 34.4 Å². The zero-order chi connectivity index (χ0) is 27.5. The smallest absolute Gasteiger partial charge is 0.188 e. The van der Waals surface area contributed by atoms with Crippen molar-refractivity contribution in [3.63, 3.8) is 0 Å². The van der Waals surface area contributed by atoms with Gasteiger partial charge in [0.15, 0.2) is 11.7 Å². The quantitative estimate of drug-likeness (QED) is 0.171. The third kappa shape index (κ3) is 5.82. The maximum absolute atomic E-state index is 14.0. The molecule has 3 aliphatic carbocycles. The molecule has 6 heteroatoms. The molecule has 1 aromatic carbocycles. The second kappa shape index (κ2) is 12.2. The number of guanidine groups is 1. The van der Waals surface area contributed by atoms with Gasteiger partial charge in [0.05, 0.1) is 9.75 Å². The zero-order valence-electron chi connectivity index (χ0n) is 23.1. The number of Topliss-reactive ketones (excluding diaryl/α,β-unsaturated/α-hetero) is 1. The molecule has 2 saturated carbocycles. The van der Waals surface area contributed by atoms with Crippen LogP contribution in [0.1, 0.15) is 66.4 Å². The number of hydrogen-bond acceptors (Lipinski definition) is 4. The minimum absolute atomic E-state index is 0.0242. The third-order valence-electron chi connectivity index (χ3n) is 8.78. The van der Waals surface area contributed by atoms with Crippen LogP contribution in [-0.2, 0) is 0 Å². The van der Waals surface area contributed by atoms with E-state index in [0.717, 1.165) is 27.5 Å². The summed E-state index contributed by atoms with van der Waals surface area (Å²) in [5, 5.41) is 5.97. The monoisotopic (exact) mass is 567 g/mol. The van der Waals surface area contributed by atoms with Gasteiger partial charge in [0.25, 0.3) is 0 Å². The van der Waals surface area contributed by atoms with Crippen LogP contribution in [0.5, 0.6) is 0 Å². The molecule has 2 aromatic heterocycles. The van der Waals surface area contributed by atoms with E-state index < -0.39 is 0 Å². The SMILES string of the molecule is CC#Cc1ccc(-c2ccc(C(=O)[C@@H]3CC[C@H](CN=C(N)NC4CCCCC4)[C@@H]4C=c5ccccc5=C[C@H]43)s2)s1. The summed E-state index contributed by atoms with van der Waals surface area (Å²) in [6, 6.07) is 17.3. The van der Waals surface area contributed by atoms with Crippen molar-refractivity contribution in [1.29, 1.82) is 0 Å². The van der Waals surface area contributed by atoms with Gasteiger partial charge >= 0.3 is 0 Å². The second-order valence-corrected chi connectivity index (χ2v) is 13.5. The molecule has 4 atom stereocenters. The summed E-state index contributed by atoms with van der Waals surface area (Å²) < 4.78 is 0. The lowest BCUT2D eigenvalue weighted by atomic mass is 9.63. The normalized spacial score (nSPS) is 24.5. The van der Waals surface area contributed by atoms with E-state index in [-0.39, 0.29) is 23.5 Å². The summed E-state index contributed by atoms with van der Waals surface area (Å²) in [5.41, 5.74) is 6.35. The molecule has 0 bridgehead atoms. The van der Waals surface area contributed by atoms with E-state index in [1.165, 1.54) is 47.4 Å². The first-order valence-electron chi connectivity index (χ1n) is 14.6. The molecule has 3 N–H and O–H groups in total. The molecular weight excluding hydrogens is 531 g/mol. The highest BCUT2D eigenvalue weighted by Crippen LogP contribution is 2.44. The Morgan fingerprint density at radius 1 is 0.925 bits per heavy atom. The van der Waals surface area contributed by atoms with Crippen molar-refractivity contribution >= 4 is 46.6 Å². The highest BCUT2D eigenvalue weighted by atomic mass is 32.1. The molecule has 3 aliphatic rings. The molecule has 40 heavy (non-hydrogen) atoms. The van der Waals surface area contributed by atoms with Crippen LogP contribution >= 0.6 is 22.7 Å². The Kier molecular flexibility index (Phi) is 8.22. The molecule has 0 radical (unpaired) electrons. The molecule has 0 unspecified atom stereocenters. The molecule has 2 fully saturated rings. The Morgan fingerprint density at radius 2 is 1.65 bits per heavy atom. The van der Waals surface area contributed by atoms with Gasteiger partial charge in [-0.15, -0.1) is 28.6 Å². The van der Waals surface area contributed by atoms with Crippen LogP contribution < -0.4 is 21.5 Å². The molecule has 0 saturated heterocycles. The molecule has 4 nitrogen and oxygen atoms in total. The van der Waals surface area contributed by atoms with E-state index in [4.69, 9.17) is 10.7 Å². The summed E-state index contributed by atoms with van der Waals surface area (Å²) in [4.78, 5) is 23.1. The number of carbonyl (C=O) groups excluding carboxylic acids is 1. The van der Waals surface area contributed by atoms with Crippen molar-refractivity contribution in [2.75, 3.05) is 6.54 Å². The fraction of sp³-hybridized carbons (Fsp3) is 0.412. The molecule has 0 aliphatic heterocycles. The highest BCUT2D eigenvalue weighted by molar-refractivity contribution is 7.23. The fourth-order valence-electron chi connectivity index (χ4n) is 6.75. The number of nitrogens with two attached hydrogens (primary N) is 1. The maximum Gasteiger partial charge on any atom is 0.188 e. The first-order valence-corrected chi connectivity index (χ1v) is 16.2.